The fourth-order valence-corrected chi connectivity index (χ4v) is 4.32. The van der Waals surface area contributed by atoms with Crippen molar-refractivity contribution >= 4 is 34.3 Å². The summed E-state index contributed by atoms with van der Waals surface area (Å²) in [5.41, 5.74) is 3.33. The van der Waals surface area contributed by atoms with Gasteiger partial charge in [0.2, 0.25) is 0 Å². The first-order chi connectivity index (χ1) is 13.0. The first-order valence-electron chi connectivity index (χ1n) is 8.59. The Balaban J connectivity index is 1.61. The molecule has 6 heteroatoms. The van der Waals surface area contributed by atoms with Crippen LogP contribution in [0, 0.1) is 5.41 Å². The minimum absolute atomic E-state index is 0.00860. The van der Waals surface area contributed by atoms with Crippen LogP contribution in [0.25, 0.3) is 16.8 Å². The number of aliphatic hydroxyl groups is 1. The van der Waals surface area contributed by atoms with Gasteiger partial charge < -0.3 is 10.0 Å². The summed E-state index contributed by atoms with van der Waals surface area (Å²) in [6.45, 7) is 2.36. The molecule has 2 heterocycles. The molecular formula is C21H18ClN3OS. The van der Waals surface area contributed by atoms with Crippen molar-refractivity contribution in [3.05, 3.63) is 81.3 Å². The van der Waals surface area contributed by atoms with Gasteiger partial charge in [-0.3, -0.25) is 5.41 Å². The van der Waals surface area contributed by atoms with Crippen LogP contribution < -0.4 is 0 Å². The summed E-state index contributed by atoms with van der Waals surface area (Å²) < 4.78 is 0. The van der Waals surface area contributed by atoms with E-state index in [0.29, 0.717) is 28.0 Å². The molecule has 1 aliphatic rings. The van der Waals surface area contributed by atoms with Gasteiger partial charge in [-0.1, -0.05) is 54.1 Å². The lowest BCUT2D eigenvalue weighted by atomic mass is 10.1. The van der Waals surface area contributed by atoms with E-state index >= 15 is 0 Å². The SMILES string of the molecule is C[C@@H](c1ccccc1)N1CC(O)=C(c2nc(-c3cccc(Cl)c3)cs2)C1=N. The first-order valence-corrected chi connectivity index (χ1v) is 9.85. The number of amidine groups is 1. The Kier molecular flexibility index (Phi) is 4.72. The standard InChI is InChI=1S/C21H18ClN3OS/c1-13(14-6-3-2-4-7-14)25-11-18(26)19(20(25)23)21-24-17(12-27-21)15-8-5-9-16(22)10-15/h2-10,12-13,23,26H,11H2,1H3/t13-/m0/s1. The molecule has 2 N–H and O–H groups in total. The number of benzene rings is 2. The Hall–Kier alpha value is -2.63. The summed E-state index contributed by atoms with van der Waals surface area (Å²) in [6.07, 6.45) is 0. The zero-order valence-electron chi connectivity index (χ0n) is 14.7. The van der Waals surface area contributed by atoms with E-state index in [9.17, 15) is 5.11 Å². The molecule has 0 spiro atoms. The monoisotopic (exact) mass is 395 g/mol. The molecule has 4 nitrogen and oxygen atoms in total. The molecule has 0 fully saturated rings. The predicted octanol–water partition coefficient (Wildman–Crippen LogP) is 5.79. The highest BCUT2D eigenvalue weighted by atomic mass is 35.5. The second-order valence-corrected chi connectivity index (χ2v) is 7.73. The average Bonchev–Trinajstić information content (AvgIpc) is 3.26. The van der Waals surface area contributed by atoms with Crippen LogP contribution in [0.2, 0.25) is 5.02 Å². The third-order valence-corrected chi connectivity index (χ3v) is 5.82. The van der Waals surface area contributed by atoms with Crippen LogP contribution in [0.1, 0.15) is 23.5 Å². The Morgan fingerprint density at radius 3 is 2.70 bits per heavy atom. The second-order valence-electron chi connectivity index (χ2n) is 6.43. The average molecular weight is 396 g/mol. The number of hydrogen-bond acceptors (Lipinski definition) is 4. The van der Waals surface area contributed by atoms with E-state index < -0.39 is 0 Å². The number of rotatable bonds is 4. The highest BCUT2D eigenvalue weighted by Crippen LogP contribution is 2.36. The fraction of sp³-hybridized carbons (Fsp3) is 0.143. The molecule has 1 aliphatic heterocycles. The van der Waals surface area contributed by atoms with E-state index in [1.165, 1.54) is 11.3 Å². The Morgan fingerprint density at radius 1 is 1.19 bits per heavy atom. The van der Waals surface area contributed by atoms with Gasteiger partial charge in [0.25, 0.3) is 0 Å². The van der Waals surface area contributed by atoms with Gasteiger partial charge in [0.05, 0.1) is 23.9 Å². The minimum Gasteiger partial charge on any atom is -0.510 e. The van der Waals surface area contributed by atoms with Gasteiger partial charge in [-0.2, -0.15) is 0 Å². The van der Waals surface area contributed by atoms with E-state index in [0.717, 1.165) is 16.8 Å². The van der Waals surface area contributed by atoms with Crippen molar-refractivity contribution in [2.24, 2.45) is 0 Å². The van der Waals surface area contributed by atoms with Crippen LogP contribution in [0.15, 0.2) is 65.7 Å². The van der Waals surface area contributed by atoms with Gasteiger partial charge in [0, 0.05) is 16.0 Å². The van der Waals surface area contributed by atoms with Crippen molar-refractivity contribution in [2.45, 2.75) is 13.0 Å². The first kappa shape index (κ1) is 17.8. The van der Waals surface area contributed by atoms with Gasteiger partial charge in [-0.05, 0) is 24.6 Å². The summed E-state index contributed by atoms with van der Waals surface area (Å²) in [4.78, 5) is 6.53. The van der Waals surface area contributed by atoms with Crippen molar-refractivity contribution < 1.29 is 5.11 Å². The molecule has 136 valence electrons. The molecule has 4 rings (SSSR count). The second kappa shape index (κ2) is 7.18. The normalized spacial score (nSPS) is 15.5. The van der Waals surface area contributed by atoms with Crippen LogP contribution in [0.4, 0.5) is 0 Å². The number of hydrogen-bond donors (Lipinski definition) is 2. The minimum atomic E-state index is -0.00860. The summed E-state index contributed by atoms with van der Waals surface area (Å²) in [7, 11) is 0. The molecule has 0 bridgehead atoms. The number of thiazole rings is 1. The summed E-state index contributed by atoms with van der Waals surface area (Å²) in [5, 5.41) is 22.4. The molecule has 1 atom stereocenters. The van der Waals surface area contributed by atoms with Crippen LogP contribution in [-0.2, 0) is 0 Å². The third-order valence-electron chi connectivity index (χ3n) is 4.72. The molecule has 1 aromatic heterocycles. The highest BCUT2D eigenvalue weighted by molar-refractivity contribution is 7.11. The summed E-state index contributed by atoms with van der Waals surface area (Å²) >= 11 is 7.50. The fourth-order valence-electron chi connectivity index (χ4n) is 3.24. The van der Waals surface area contributed by atoms with E-state index in [-0.39, 0.29) is 11.8 Å². The predicted molar refractivity (Wildman–Crippen MR) is 111 cm³/mol. The van der Waals surface area contributed by atoms with Crippen molar-refractivity contribution in [3.8, 4) is 11.3 Å². The van der Waals surface area contributed by atoms with Crippen LogP contribution in [0.3, 0.4) is 0 Å². The molecule has 0 radical (unpaired) electrons. The summed E-state index contributed by atoms with van der Waals surface area (Å²) in [6, 6.07) is 17.5. The molecule has 0 amide bonds. The van der Waals surface area contributed by atoms with E-state index in [2.05, 4.69) is 4.98 Å². The van der Waals surface area contributed by atoms with Crippen molar-refractivity contribution in [1.82, 2.24) is 9.88 Å². The molecule has 0 saturated heterocycles. The quantitative estimate of drug-likeness (QED) is 0.588. The molecule has 3 aromatic rings. The lowest BCUT2D eigenvalue weighted by Crippen LogP contribution is -2.29. The Morgan fingerprint density at radius 2 is 1.96 bits per heavy atom. The smallest absolute Gasteiger partial charge is 0.135 e. The Labute approximate surface area is 166 Å². The zero-order chi connectivity index (χ0) is 19.0. The molecular weight excluding hydrogens is 378 g/mol. The number of nitrogens with zero attached hydrogens (tertiary/aromatic N) is 2. The van der Waals surface area contributed by atoms with E-state index in [1.807, 2.05) is 71.8 Å². The van der Waals surface area contributed by atoms with E-state index in [4.69, 9.17) is 17.0 Å². The van der Waals surface area contributed by atoms with Gasteiger partial charge in [-0.15, -0.1) is 11.3 Å². The zero-order valence-corrected chi connectivity index (χ0v) is 16.3. The van der Waals surface area contributed by atoms with Crippen LogP contribution in [-0.4, -0.2) is 27.4 Å². The van der Waals surface area contributed by atoms with Gasteiger partial charge in [0.15, 0.2) is 0 Å². The van der Waals surface area contributed by atoms with Gasteiger partial charge in [0.1, 0.15) is 16.6 Å². The topological polar surface area (TPSA) is 60.2 Å². The summed E-state index contributed by atoms with van der Waals surface area (Å²) in [5.74, 6) is 0.491. The molecule has 2 aromatic carbocycles. The van der Waals surface area contributed by atoms with E-state index in [1.54, 1.807) is 0 Å². The van der Waals surface area contributed by atoms with Gasteiger partial charge >= 0.3 is 0 Å². The molecule has 0 aliphatic carbocycles. The number of aliphatic hydroxyl groups excluding tert-OH is 1. The van der Waals surface area contributed by atoms with Crippen molar-refractivity contribution in [1.29, 1.82) is 5.41 Å². The lowest BCUT2D eigenvalue weighted by Gasteiger charge is -2.26. The number of halogens is 1. The van der Waals surface area contributed by atoms with Crippen molar-refractivity contribution in [2.75, 3.05) is 6.54 Å². The maximum atomic E-state index is 10.5. The largest absolute Gasteiger partial charge is 0.510 e. The van der Waals surface area contributed by atoms with Crippen LogP contribution in [0.5, 0.6) is 0 Å². The third kappa shape index (κ3) is 3.36. The maximum Gasteiger partial charge on any atom is 0.135 e. The number of nitrogens with one attached hydrogen (secondary N) is 1. The molecule has 0 saturated carbocycles. The number of aromatic nitrogens is 1. The Bertz CT molecular complexity index is 1030. The van der Waals surface area contributed by atoms with Crippen molar-refractivity contribution in [3.63, 3.8) is 0 Å². The maximum absolute atomic E-state index is 10.5. The highest BCUT2D eigenvalue weighted by Gasteiger charge is 2.33. The van der Waals surface area contributed by atoms with Gasteiger partial charge in [-0.25, -0.2) is 4.98 Å². The van der Waals surface area contributed by atoms with Crippen LogP contribution >= 0.6 is 22.9 Å². The lowest BCUT2D eigenvalue weighted by molar-refractivity contribution is 0.310. The molecule has 27 heavy (non-hydrogen) atoms. The molecule has 0 unspecified atom stereocenters.